The normalized spacial score (nSPS) is 11.6. The maximum Gasteiger partial charge on any atom is 0.257 e. The van der Waals surface area contributed by atoms with Gasteiger partial charge in [-0.1, -0.05) is 47.8 Å². The van der Waals surface area contributed by atoms with Crippen LogP contribution in [0.2, 0.25) is 0 Å². The zero-order valence-electron chi connectivity index (χ0n) is 17.5. The van der Waals surface area contributed by atoms with Gasteiger partial charge in [0, 0.05) is 16.6 Å². The number of amides is 1. The fourth-order valence-electron chi connectivity index (χ4n) is 3.40. The van der Waals surface area contributed by atoms with E-state index in [1.807, 2.05) is 24.3 Å². The summed E-state index contributed by atoms with van der Waals surface area (Å²) in [6, 6.07) is 12.4. The van der Waals surface area contributed by atoms with Gasteiger partial charge in [-0.15, -0.1) is 0 Å². The molecule has 2 aromatic heterocycles. The molecule has 0 bridgehead atoms. The van der Waals surface area contributed by atoms with E-state index in [1.165, 1.54) is 10.9 Å². The van der Waals surface area contributed by atoms with Crippen LogP contribution in [-0.4, -0.2) is 38.4 Å². The number of hydrogen-bond acceptors (Lipinski definition) is 6. The van der Waals surface area contributed by atoms with Crippen LogP contribution >= 0.6 is 15.9 Å². The van der Waals surface area contributed by atoms with E-state index in [0.29, 0.717) is 34.3 Å². The molecule has 0 saturated heterocycles. The Morgan fingerprint density at radius 2 is 1.97 bits per heavy atom. The van der Waals surface area contributed by atoms with E-state index in [9.17, 15) is 9.90 Å². The first kappa shape index (κ1) is 21.8. The number of aromatic hydroxyl groups is 1. The molecule has 9 heteroatoms. The van der Waals surface area contributed by atoms with Crippen molar-refractivity contribution >= 4 is 56.1 Å². The predicted molar refractivity (Wildman–Crippen MR) is 130 cm³/mol. The largest absolute Gasteiger partial charge is 0.507 e. The van der Waals surface area contributed by atoms with Gasteiger partial charge in [-0.3, -0.25) is 4.79 Å². The average molecular weight is 495 g/mol. The number of anilines is 1. The molecular formula is C23H23BrN6O2. The maximum atomic E-state index is 13.0. The Bertz CT molecular complexity index is 1330. The molecular weight excluding hydrogens is 472 g/mol. The highest BCUT2D eigenvalue weighted by Crippen LogP contribution is 2.28. The molecule has 2 heterocycles. The lowest BCUT2D eigenvalue weighted by Gasteiger charge is -2.05. The number of nitrogens with zero attached hydrogens (tertiary/aromatic N) is 4. The lowest BCUT2D eigenvalue weighted by molar-refractivity contribution is 0.0955. The number of nitrogens with one attached hydrogen (secondary N) is 1. The molecule has 0 spiro atoms. The summed E-state index contributed by atoms with van der Waals surface area (Å²) >= 11 is 3.38. The second-order valence-corrected chi connectivity index (χ2v) is 8.28. The SMILES string of the molecule is CCCCCNC(=O)c1c(N)n(/N=C\c2cc(Br)ccc2O)c2nc3ccccc3nc12. The van der Waals surface area contributed by atoms with E-state index >= 15 is 0 Å². The van der Waals surface area contributed by atoms with Crippen LogP contribution < -0.4 is 11.1 Å². The van der Waals surface area contributed by atoms with Gasteiger partial charge in [0.05, 0.1) is 17.2 Å². The van der Waals surface area contributed by atoms with Crippen molar-refractivity contribution < 1.29 is 9.90 Å². The smallest absolute Gasteiger partial charge is 0.257 e. The molecule has 2 aromatic carbocycles. The molecule has 0 aliphatic heterocycles. The molecule has 0 aliphatic rings. The highest BCUT2D eigenvalue weighted by Gasteiger charge is 2.23. The molecule has 0 fully saturated rings. The topological polar surface area (TPSA) is 118 Å². The number of carbonyl (C=O) groups is 1. The summed E-state index contributed by atoms with van der Waals surface area (Å²) in [5, 5.41) is 17.5. The minimum Gasteiger partial charge on any atom is -0.507 e. The van der Waals surface area contributed by atoms with Gasteiger partial charge in [0.15, 0.2) is 5.65 Å². The number of phenols is 1. The molecule has 0 radical (unpaired) electrons. The van der Waals surface area contributed by atoms with E-state index in [2.05, 4.69) is 43.2 Å². The number of nitrogen functional groups attached to an aromatic ring is 1. The summed E-state index contributed by atoms with van der Waals surface area (Å²) in [5.74, 6) is -0.112. The standard InChI is InChI=1S/C23H23BrN6O2/c1-2-3-6-11-26-23(32)19-20-22(29-17-8-5-4-7-16(17)28-20)30(21(19)25)27-13-14-12-15(24)9-10-18(14)31/h4-5,7-10,12-13,31H,2-3,6,11,25H2,1H3,(H,26,32)/b27-13-. The summed E-state index contributed by atoms with van der Waals surface area (Å²) in [5.41, 5.74) is 9.17. The number of unbranched alkanes of at least 4 members (excludes halogenated alkanes) is 2. The molecule has 0 unspecified atom stereocenters. The van der Waals surface area contributed by atoms with Gasteiger partial charge in [0.2, 0.25) is 0 Å². The average Bonchev–Trinajstić information content (AvgIpc) is 3.05. The van der Waals surface area contributed by atoms with E-state index < -0.39 is 0 Å². The Labute approximate surface area is 193 Å². The van der Waals surface area contributed by atoms with Gasteiger partial charge >= 0.3 is 0 Å². The second kappa shape index (κ2) is 9.35. The Kier molecular flexibility index (Phi) is 6.36. The van der Waals surface area contributed by atoms with Crippen molar-refractivity contribution in [3.8, 4) is 5.75 Å². The van der Waals surface area contributed by atoms with Crippen LogP contribution in [0.5, 0.6) is 5.75 Å². The third kappa shape index (κ3) is 4.29. The van der Waals surface area contributed by atoms with Crippen molar-refractivity contribution in [3.05, 3.63) is 58.1 Å². The molecule has 4 aromatic rings. The Morgan fingerprint density at radius 1 is 1.22 bits per heavy atom. The van der Waals surface area contributed by atoms with Gasteiger partial charge in [0.1, 0.15) is 22.6 Å². The van der Waals surface area contributed by atoms with E-state index in [4.69, 9.17) is 5.73 Å². The number of carbonyl (C=O) groups excluding carboxylic acids is 1. The fourth-order valence-corrected chi connectivity index (χ4v) is 3.78. The van der Waals surface area contributed by atoms with Crippen LogP contribution in [0, 0.1) is 0 Å². The molecule has 1 amide bonds. The number of hydrogen-bond donors (Lipinski definition) is 3. The Morgan fingerprint density at radius 3 is 2.72 bits per heavy atom. The van der Waals surface area contributed by atoms with Crippen molar-refractivity contribution in [2.24, 2.45) is 5.10 Å². The fraction of sp³-hybridized carbons (Fsp3) is 0.217. The molecule has 0 saturated carbocycles. The van der Waals surface area contributed by atoms with Crippen LogP contribution in [0.4, 0.5) is 5.82 Å². The number of fused-ring (bicyclic) bond motifs is 2. The van der Waals surface area contributed by atoms with E-state index in [0.717, 1.165) is 23.7 Å². The number of para-hydroxylation sites is 2. The van der Waals surface area contributed by atoms with Crippen LogP contribution in [-0.2, 0) is 0 Å². The molecule has 4 rings (SSSR count). The van der Waals surface area contributed by atoms with Crippen LogP contribution in [0.3, 0.4) is 0 Å². The van der Waals surface area contributed by atoms with Gasteiger partial charge in [-0.2, -0.15) is 9.78 Å². The number of phenolic OH excluding ortho intramolecular Hbond substituents is 1. The van der Waals surface area contributed by atoms with Gasteiger partial charge in [0.25, 0.3) is 5.91 Å². The molecule has 32 heavy (non-hydrogen) atoms. The number of benzene rings is 2. The Hall–Kier alpha value is -3.46. The second-order valence-electron chi connectivity index (χ2n) is 7.37. The number of halogens is 1. The van der Waals surface area contributed by atoms with Crippen LogP contribution in [0.25, 0.3) is 22.2 Å². The highest BCUT2D eigenvalue weighted by molar-refractivity contribution is 9.10. The summed E-state index contributed by atoms with van der Waals surface area (Å²) in [6.45, 7) is 2.66. The van der Waals surface area contributed by atoms with Crippen LogP contribution in [0.15, 0.2) is 52.0 Å². The number of rotatable bonds is 7. The molecule has 164 valence electrons. The first-order valence-electron chi connectivity index (χ1n) is 10.4. The van der Waals surface area contributed by atoms with Crippen molar-refractivity contribution in [2.75, 3.05) is 12.3 Å². The van der Waals surface area contributed by atoms with Crippen molar-refractivity contribution in [3.63, 3.8) is 0 Å². The highest BCUT2D eigenvalue weighted by atomic mass is 79.9. The van der Waals surface area contributed by atoms with Crippen molar-refractivity contribution in [1.29, 1.82) is 0 Å². The summed E-state index contributed by atoms with van der Waals surface area (Å²) in [6.07, 6.45) is 4.44. The van der Waals surface area contributed by atoms with Gasteiger partial charge in [-0.25, -0.2) is 9.97 Å². The third-order valence-corrected chi connectivity index (χ3v) is 5.56. The molecule has 8 nitrogen and oxygen atoms in total. The van der Waals surface area contributed by atoms with Gasteiger partial charge in [-0.05, 0) is 36.8 Å². The zero-order chi connectivity index (χ0) is 22.7. The third-order valence-electron chi connectivity index (χ3n) is 5.07. The summed E-state index contributed by atoms with van der Waals surface area (Å²) in [4.78, 5) is 22.3. The summed E-state index contributed by atoms with van der Waals surface area (Å²) < 4.78 is 2.18. The number of aromatic nitrogens is 3. The van der Waals surface area contributed by atoms with Crippen molar-refractivity contribution in [1.82, 2.24) is 20.0 Å². The first-order valence-corrected chi connectivity index (χ1v) is 11.2. The quantitative estimate of drug-likeness (QED) is 0.259. The minimum absolute atomic E-state index is 0.0670. The zero-order valence-corrected chi connectivity index (χ0v) is 19.1. The van der Waals surface area contributed by atoms with E-state index in [-0.39, 0.29) is 23.0 Å². The molecule has 4 N–H and O–H groups in total. The summed E-state index contributed by atoms with van der Waals surface area (Å²) in [7, 11) is 0. The van der Waals surface area contributed by atoms with Crippen molar-refractivity contribution in [2.45, 2.75) is 26.2 Å². The first-order chi connectivity index (χ1) is 15.5. The lowest BCUT2D eigenvalue weighted by Crippen LogP contribution is -2.25. The maximum absolute atomic E-state index is 13.0. The van der Waals surface area contributed by atoms with Gasteiger partial charge < -0.3 is 16.2 Å². The van der Waals surface area contributed by atoms with Crippen LogP contribution in [0.1, 0.15) is 42.1 Å². The predicted octanol–water partition coefficient (Wildman–Crippen LogP) is 4.44. The molecule has 0 aliphatic carbocycles. The Balaban J connectivity index is 1.83. The lowest BCUT2D eigenvalue weighted by atomic mass is 10.2. The molecule has 0 atom stereocenters. The monoisotopic (exact) mass is 494 g/mol. The number of nitrogens with two attached hydrogens (primary N) is 1. The van der Waals surface area contributed by atoms with E-state index in [1.54, 1.807) is 18.2 Å². The minimum atomic E-state index is -0.313.